The zero-order valence-corrected chi connectivity index (χ0v) is 8.66. The lowest BCUT2D eigenvalue weighted by Gasteiger charge is -2.20. The van der Waals surface area contributed by atoms with Gasteiger partial charge in [0, 0.05) is 5.69 Å². The number of anilines is 1. The third kappa shape index (κ3) is 3.54. The van der Waals surface area contributed by atoms with E-state index in [0.717, 1.165) is 12.1 Å². The monoisotopic (exact) mass is 248 g/mol. The summed E-state index contributed by atoms with van der Waals surface area (Å²) in [7, 11) is 0. The van der Waals surface area contributed by atoms with E-state index < -0.39 is 24.7 Å². The van der Waals surface area contributed by atoms with Crippen LogP contribution < -0.4 is 11.1 Å². The molecule has 4 N–H and O–H groups in total. The van der Waals surface area contributed by atoms with Crippen LogP contribution in [0.15, 0.2) is 24.3 Å². The molecule has 4 nitrogen and oxygen atoms in total. The fourth-order valence-corrected chi connectivity index (χ4v) is 1.24. The summed E-state index contributed by atoms with van der Waals surface area (Å²) in [5, 5.41) is 9.63. The van der Waals surface area contributed by atoms with Gasteiger partial charge in [0.1, 0.15) is 0 Å². The van der Waals surface area contributed by atoms with Gasteiger partial charge in [-0.05, 0) is 17.7 Å². The first-order valence-electron chi connectivity index (χ1n) is 4.67. The zero-order chi connectivity index (χ0) is 13.1. The van der Waals surface area contributed by atoms with Gasteiger partial charge < -0.3 is 16.2 Å². The number of nitrogens with one attached hydrogen (secondary N) is 1. The van der Waals surface area contributed by atoms with E-state index in [0.29, 0.717) is 0 Å². The topological polar surface area (TPSA) is 75.3 Å². The average molecular weight is 248 g/mol. The average Bonchev–Trinajstić information content (AvgIpc) is 2.25. The summed E-state index contributed by atoms with van der Waals surface area (Å²) in [4.78, 5) is 10.1. The van der Waals surface area contributed by atoms with E-state index >= 15 is 0 Å². The first-order chi connectivity index (χ1) is 7.83. The summed E-state index contributed by atoms with van der Waals surface area (Å²) >= 11 is 0. The Morgan fingerprint density at radius 3 is 2.71 bits per heavy atom. The fraction of sp³-hybridized carbons (Fsp3) is 0.300. The highest BCUT2D eigenvalue weighted by atomic mass is 19.3. The number of nitrogen functional groups attached to an aromatic ring is 1. The van der Waals surface area contributed by atoms with Gasteiger partial charge in [-0.2, -0.15) is 0 Å². The highest BCUT2D eigenvalue weighted by Crippen LogP contribution is 2.34. The number of hydrogen-bond acceptors (Lipinski definition) is 2. The van der Waals surface area contributed by atoms with Gasteiger partial charge in [-0.15, -0.1) is 0 Å². The van der Waals surface area contributed by atoms with Crippen LogP contribution in [0.1, 0.15) is 11.7 Å². The number of alkyl halides is 3. The van der Waals surface area contributed by atoms with Gasteiger partial charge in [0.15, 0.2) is 6.17 Å². The van der Waals surface area contributed by atoms with Crippen LogP contribution in [0.4, 0.5) is 23.7 Å². The van der Waals surface area contributed by atoms with Crippen LogP contribution in [0.5, 0.6) is 0 Å². The second-order valence-electron chi connectivity index (χ2n) is 3.45. The standard InChI is InChI=1S/C10H11F3N2O2/c11-8(6-2-1-3-7(14)4-6)10(12,13)5-15-9(16)17/h1-4,8,15H,5,14H2,(H,16,17). The van der Waals surface area contributed by atoms with Crippen molar-refractivity contribution < 1.29 is 23.1 Å². The van der Waals surface area contributed by atoms with E-state index in [1.807, 2.05) is 0 Å². The Hall–Kier alpha value is -1.92. The molecule has 0 bridgehead atoms. The molecule has 0 aliphatic heterocycles. The number of carbonyl (C=O) groups is 1. The molecule has 17 heavy (non-hydrogen) atoms. The van der Waals surface area contributed by atoms with Crippen LogP contribution in [-0.4, -0.2) is 23.7 Å². The number of carboxylic acid groups (broad SMARTS) is 1. The van der Waals surface area contributed by atoms with Gasteiger partial charge in [0.05, 0.1) is 6.54 Å². The minimum atomic E-state index is -3.83. The maximum absolute atomic E-state index is 13.5. The largest absolute Gasteiger partial charge is 0.465 e. The van der Waals surface area contributed by atoms with Crippen molar-refractivity contribution >= 4 is 11.8 Å². The van der Waals surface area contributed by atoms with Crippen molar-refractivity contribution in [2.45, 2.75) is 12.1 Å². The molecule has 1 aromatic carbocycles. The summed E-state index contributed by atoms with van der Waals surface area (Å²) in [6.45, 7) is -1.29. The van der Waals surface area contributed by atoms with Crippen LogP contribution in [-0.2, 0) is 0 Å². The quantitative estimate of drug-likeness (QED) is 0.715. The number of nitrogens with two attached hydrogens (primary N) is 1. The van der Waals surface area contributed by atoms with Gasteiger partial charge in [-0.25, -0.2) is 18.0 Å². The second-order valence-corrected chi connectivity index (χ2v) is 3.45. The lowest BCUT2D eigenvalue weighted by atomic mass is 10.0. The normalized spacial score (nSPS) is 13.1. The third-order valence-corrected chi connectivity index (χ3v) is 2.05. The molecular weight excluding hydrogens is 237 g/mol. The highest BCUT2D eigenvalue weighted by Gasteiger charge is 2.41. The Morgan fingerprint density at radius 2 is 2.18 bits per heavy atom. The molecule has 0 heterocycles. The molecule has 0 saturated heterocycles. The minimum absolute atomic E-state index is 0.159. The fourth-order valence-electron chi connectivity index (χ4n) is 1.24. The van der Waals surface area contributed by atoms with Gasteiger partial charge in [0.25, 0.3) is 5.92 Å². The van der Waals surface area contributed by atoms with Crippen molar-refractivity contribution in [1.82, 2.24) is 5.32 Å². The van der Waals surface area contributed by atoms with Crippen molar-refractivity contribution in [2.75, 3.05) is 12.3 Å². The molecule has 0 spiro atoms. The molecule has 0 saturated carbocycles. The predicted octanol–water partition coefficient (Wildman–Crippen LogP) is 2.18. The Kier molecular flexibility index (Phi) is 3.82. The van der Waals surface area contributed by atoms with Gasteiger partial charge in [-0.1, -0.05) is 12.1 Å². The Morgan fingerprint density at radius 1 is 1.53 bits per heavy atom. The zero-order valence-electron chi connectivity index (χ0n) is 8.66. The smallest absolute Gasteiger partial charge is 0.404 e. The predicted molar refractivity (Wildman–Crippen MR) is 55.7 cm³/mol. The first kappa shape index (κ1) is 13.1. The molecule has 0 aromatic heterocycles. The first-order valence-corrected chi connectivity index (χ1v) is 4.67. The summed E-state index contributed by atoms with van der Waals surface area (Å²) in [6.07, 6.45) is -4.25. The van der Waals surface area contributed by atoms with E-state index in [-0.39, 0.29) is 11.3 Å². The number of benzene rings is 1. The van der Waals surface area contributed by atoms with Crippen molar-refractivity contribution in [1.29, 1.82) is 0 Å². The van der Waals surface area contributed by atoms with Gasteiger partial charge in [-0.3, -0.25) is 0 Å². The molecule has 94 valence electrons. The Bertz CT molecular complexity index is 412. The molecule has 0 aliphatic carbocycles. The van der Waals surface area contributed by atoms with Crippen LogP contribution >= 0.6 is 0 Å². The van der Waals surface area contributed by atoms with Crippen LogP contribution in [0, 0.1) is 0 Å². The van der Waals surface area contributed by atoms with Gasteiger partial charge in [0.2, 0.25) is 0 Å². The maximum atomic E-state index is 13.5. The molecule has 1 rings (SSSR count). The Labute approximate surface area is 95.2 Å². The molecule has 0 fully saturated rings. The molecule has 1 aromatic rings. The highest BCUT2D eigenvalue weighted by molar-refractivity contribution is 5.64. The summed E-state index contributed by atoms with van der Waals surface area (Å²) in [6, 6.07) is 5.02. The van der Waals surface area contributed by atoms with E-state index in [2.05, 4.69) is 0 Å². The van der Waals surface area contributed by atoms with Crippen LogP contribution in [0.25, 0.3) is 0 Å². The van der Waals surface area contributed by atoms with Gasteiger partial charge >= 0.3 is 6.09 Å². The molecule has 1 amide bonds. The summed E-state index contributed by atoms with van der Waals surface area (Å²) in [5.41, 5.74) is 5.21. The molecule has 1 unspecified atom stereocenters. The Balaban J connectivity index is 2.80. The molecule has 0 radical (unpaired) electrons. The van der Waals surface area contributed by atoms with Crippen molar-refractivity contribution in [3.63, 3.8) is 0 Å². The number of halogens is 3. The van der Waals surface area contributed by atoms with Crippen LogP contribution in [0.3, 0.4) is 0 Å². The third-order valence-electron chi connectivity index (χ3n) is 2.05. The van der Waals surface area contributed by atoms with Crippen LogP contribution in [0.2, 0.25) is 0 Å². The number of amides is 1. The summed E-state index contributed by atoms with van der Waals surface area (Å²) < 4.78 is 40.0. The van der Waals surface area contributed by atoms with E-state index in [1.165, 1.54) is 17.4 Å². The molecule has 1 atom stereocenters. The maximum Gasteiger partial charge on any atom is 0.404 e. The van der Waals surface area contributed by atoms with Crippen molar-refractivity contribution in [3.8, 4) is 0 Å². The summed E-state index contributed by atoms with van der Waals surface area (Å²) in [5.74, 6) is -3.83. The second kappa shape index (κ2) is 4.94. The van der Waals surface area contributed by atoms with E-state index in [1.54, 1.807) is 0 Å². The molecule has 7 heteroatoms. The lowest BCUT2D eigenvalue weighted by Crippen LogP contribution is -2.38. The van der Waals surface area contributed by atoms with Crippen molar-refractivity contribution in [3.05, 3.63) is 29.8 Å². The number of hydrogen-bond donors (Lipinski definition) is 3. The van der Waals surface area contributed by atoms with E-state index in [9.17, 15) is 18.0 Å². The van der Waals surface area contributed by atoms with Crippen molar-refractivity contribution in [2.24, 2.45) is 0 Å². The lowest BCUT2D eigenvalue weighted by molar-refractivity contribution is -0.0703. The molecular formula is C10H11F3N2O2. The minimum Gasteiger partial charge on any atom is -0.465 e. The van der Waals surface area contributed by atoms with E-state index in [4.69, 9.17) is 10.8 Å². The molecule has 0 aliphatic rings. The number of rotatable bonds is 4. The SMILES string of the molecule is Nc1cccc(C(F)C(F)(F)CNC(=O)O)c1.